The molecule has 0 saturated heterocycles. The topological polar surface area (TPSA) is 75.4 Å². The second-order valence-electron chi connectivity index (χ2n) is 8.92. The predicted molar refractivity (Wildman–Crippen MR) is 142 cm³/mol. The number of aldehydes is 1. The number of nitrogens with zero attached hydrogens (tertiary/aromatic N) is 2. The van der Waals surface area contributed by atoms with Gasteiger partial charge in [-0.25, -0.2) is 4.98 Å². The van der Waals surface area contributed by atoms with E-state index in [1.807, 2.05) is 55.5 Å². The number of anilines is 2. The van der Waals surface area contributed by atoms with Crippen LogP contribution in [-0.4, -0.2) is 23.7 Å². The zero-order chi connectivity index (χ0) is 25.1. The molecule has 0 spiro atoms. The molecule has 4 aromatic rings. The van der Waals surface area contributed by atoms with Crippen molar-refractivity contribution >= 4 is 34.8 Å². The lowest BCUT2D eigenvalue weighted by Crippen LogP contribution is -2.30. The van der Waals surface area contributed by atoms with Gasteiger partial charge in [0, 0.05) is 29.2 Å². The molecular weight excluding hydrogens is 450 g/mol. The molecule has 1 aromatic heterocycles. The van der Waals surface area contributed by atoms with Crippen LogP contribution in [0.4, 0.5) is 11.4 Å². The molecule has 36 heavy (non-hydrogen) atoms. The van der Waals surface area contributed by atoms with E-state index in [1.165, 1.54) is 6.26 Å². The fraction of sp³-hybridized carbons (Fsp3) is 0.167. The number of aryl methyl sites for hydroxylation is 1. The number of carbonyl (C=O) groups is 2. The van der Waals surface area contributed by atoms with Crippen LogP contribution in [0, 0.1) is 6.92 Å². The molecule has 3 aromatic carbocycles. The zero-order valence-electron chi connectivity index (χ0n) is 20.3. The van der Waals surface area contributed by atoms with Crippen LogP contribution >= 0.6 is 0 Å². The first-order valence-corrected chi connectivity index (χ1v) is 11.9. The number of benzene rings is 3. The third-order valence-electron chi connectivity index (χ3n) is 6.56. The van der Waals surface area contributed by atoms with Crippen molar-refractivity contribution in [2.75, 3.05) is 16.8 Å². The maximum Gasteiger partial charge on any atom is 0.236 e. The molecule has 1 aliphatic heterocycles. The second kappa shape index (κ2) is 10.0. The van der Waals surface area contributed by atoms with Crippen molar-refractivity contribution in [1.82, 2.24) is 4.98 Å². The van der Waals surface area contributed by atoms with Crippen molar-refractivity contribution in [2.45, 2.75) is 26.7 Å². The quantitative estimate of drug-likeness (QED) is 0.264. The number of nitrogens with one attached hydrogen (secondary N) is 1. The van der Waals surface area contributed by atoms with Gasteiger partial charge in [-0.05, 0) is 72.4 Å². The Balaban J connectivity index is 1.46. The first-order chi connectivity index (χ1) is 17.5. The number of allylic oxidation sites excluding steroid dienone is 1. The SMILES string of the molecule is C/C(=C(\Nc1ccc2c(c1)CCN2C(=O)Cc1ncco1)c1ccccc1)c1ccc(C=O)cc1C. The van der Waals surface area contributed by atoms with Gasteiger partial charge in [-0.1, -0.05) is 42.5 Å². The summed E-state index contributed by atoms with van der Waals surface area (Å²) in [5.41, 5.74) is 8.94. The van der Waals surface area contributed by atoms with Crippen molar-refractivity contribution in [3.05, 3.63) is 113 Å². The van der Waals surface area contributed by atoms with E-state index < -0.39 is 0 Å². The van der Waals surface area contributed by atoms with E-state index in [1.54, 1.807) is 11.1 Å². The molecule has 1 N–H and O–H groups in total. The van der Waals surface area contributed by atoms with Crippen LogP contribution in [0.2, 0.25) is 0 Å². The number of aromatic nitrogens is 1. The van der Waals surface area contributed by atoms with Crippen LogP contribution in [-0.2, 0) is 17.6 Å². The molecule has 6 nitrogen and oxygen atoms in total. The van der Waals surface area contributed by atoms with Gasteiger partial charge in [-0.2, -0.15) is 0 Å². The van der Waals surface area contributed by atoms with Crippen molar-refractivity contribution < 1.29 is 14.0 Å². The molecule has 6 heteroatoms. The molecule has 1 aliphatic rings. The molecule has 180 valence electrons. The Bertz CT molecular complexity index is 1440. The standard InChI is InChI=1S/C30H27N3O3/c1-20-16-22(19-34)8-10-26(20)21(2)30(23-6-4-3-5-7-23)32-25-9-11-27-24(17-25)12-14-33(27)29(35)18-28-31-13-15-36-28/h3-11,13,15-17,19,32H,12,14,18H2,1-2H3/b30-21+. The Morgan fingerprint density at radius 3 is 2.67 bits per heavy atom. The van der Waals surface area contributed by atoms with E-state index >= 15 is 0 Å². The molecule has 0 fully saturated rings. The van der Waals surface area contributed by atoms with E-state index in [0.717, 1.165) is 57.6 Å². The average Bonchev–Trinajstić information content (AvgIpc) is 3.57. The Labute approximate surface area is 210 Å². The van der Waals surface area contributed by atoms with Gasteiger partial charge in [0.1, 0.15) is 19.0 Å². The first kappa shape index (κ1) is 23.3. The minimum Gasteiger partial charge on any atom is -0.448 e. The molecule has 2 heterocycles. The number of oxazole rings is 1. The second-order valence-corrected chi connectivity index (χ2v) is 8.92. The number of carbonyl (C=O) groups excluding carboxylic acids is 2. The minimum atomic E-state index is -0.0214. The van der Waals surface area contributed by atoms with Crippen molar-refractivity contribution in [3.63, 3.8) is 0 Å². The fourth-order valence-electron chi connectivity index (χ4n) is 4.75. The highest BCUT2D eigenvalue weighted by molar-refractivity contribution is 5.98. The van der Waals surface area contributed by atoms with Gasteiger partial charge in [0.05, 0.1) is 6.20 Å². The molecule has 1 amide bonds. The lowest BCUT2D eigenvalue weighted by molar-refractivity contribution is -0.118. The first-order valence-electron chi connectivity index (χ1n) is 11.9. The molecule has 0 saturated carbocycles. The summed E-state index contributed by atoms with van der Waals surface area (Å²) >= 11 is 0. The average molecular weight is 478 g/mol. The van der Waals surface area contributed by atoms with Gasteiger partial charge < -0.3 is 14.6 Å². The van der Waals surface area contributed by atoms with Gasteiger partial charge in [-0.15, -0.1) is 0 Å². The summed E-state index contributed by atoms with van der Waals surface area (Å²) in [5, 5.41) is 3.64. The fourth-order valence-corrected chi connectivity index (χ4v) is 4.75. The molecule has 0 atom stereocenters. The Morgan fingerprint density at radius 2 is 1.94 bits per heavy atom. The van der Waals surface area contributed by atoms with E-state index in [2.05, 4.69) is 35.4 Å². The van der Waals surface area contributed by atoms with Crippen molar-refractivity contribution in [2.24, 2.45) is 0 Å². The van der Waals surface area contributed by atoms with Crippen molar-refractivity contribution in [3.8, 4) is 0 Å². The number of hydrogen-bond acceptors (Lipinski definition) is 5. The zero-order valence-corrected chi connectivity index (χ0v) is 20.3. The summed E-state index contributed by atoms with van der Waals surface area (Å²) in [6.45, 7) is 4.75. The van der Waals surface area contributed by atoms with E-state index in [-0.39, 0.29) is 12.3 Å². The summed E-state index contributed by atoms with van der Waals surface area (Å²) in [7, 11) is 0. The monoisotopic (exact) mass is 477 g/mol. The van der Waals surface area contributed by atoms with E-state index in [9.17, 15) is 9.59 Å². The Hall–Kier alpha value is -4.45. The number of hydrogen-bond donors (Lipinski definition) is 1. The third kappa shape index (κ3) is 4.70. The Morgan fingerprint density at radius 1 is 1.11 bits per heavy atom. The van der Waals surface area contributed by atoms with Crippen LogP contribution in [0.5, 0.6) is 0 Å². The number of rotatable bonds is 7. The molecular formula is C30H27N3O3. The molecule has 5 rings (SSSR count). The van der Waals surface area contributed by atoms with Crippen LogP contribution in [0.25, 0.3) is 11.3 Å². The van der Waals surface area contributed by atoms with Crippen LogP contribution < -0.4 is 10.2 Å². The van der Waals surface area contributed by atoms with E-state index in [0.29, 0.717) is 18.0 Å². The van der Waals surface area contributed by atoms with Gasteiger partial charge in [-0.3, -0.25) is 9.59 Å². The molecule has 0 bridgehead atoms. The lowest BCUT2D eigenvalue weighted by Gasteiger charge is -2.19. The summed E-state index contributed by atoms with van der Waals surface area (Å²) in [6, 6.07) is 22.1. The van der Waals surface area contributed by atoms with Crippen LogP contribution in [0.15, 0.2) is 83.6 Å². The minimum absolute atomic E-state index is 0.0214. The van der Waals surface area contributed by atoms with Crippen LogP contribution in [0.3, 0.4) is 0 Å². The molecule has 0 unspecified atom stereocenters. The summed E-state index contributed by atoms with van der Waals surface area (Å²) < 4.78 is 5.25. The number of fused-ring (bicyclic) bond motifs is 1. The summed E-state index contributed by atoms with van der Waals surface area (Å²) in [5.74, 6) is 0.406. The highest BCUT2D eigenvalue weighted by Gasteiger charge is 2.26. The number of amides is 1. The maximum absolute atomic E-state index is 12.8. The highest BCUT2D eigenvalue weighted by atomic mass is 16.3. The smallest absolute Gasteiger partial charge is 0.236 e. The highest BCUT2D eigenvalue weighted by Crippen LogP contribution is 2.34. The third-order valence-corrected chi connectivity index (χ3v) is 6.56. The molecule has 0 radical (unpaired) electrons. The lowest BCUT2D eigenvalue weighted by atomic mass is 9.95. The van der Waals surface area contributed by atoms with Gasteiger partial charge in [0.15, 0.2) is 0 Å². The van der Waals surface area contributed by atoms with Gasteiger partial charge in [0.2, 0.25) is 11.8 Å². The normalized spacial score (nSPS) is 13.2. The molecule has 0 aliphatic carbocycles. The van der Waals surface area contributed by atoms with E-state index in [4.69, 9.17) is 4.42 Å². The van der Waals surface area contributed by atoms with Crippen molar-refractivity contribution in [1.29, 1.82) is 0 Å². The van der Waals surface area contributed by atoms with Crippen LogP contribution in [0.1, 0.15) is 45.4 Å². The summed E-state index contributed by atoms with van der Waals surface area (Å²) in [4.78, 5) is 29.9. The maximum atomic E-state index is 12.8. The Kier molecular flexibility index (Phi) is 6.50. The summed E-state index contributed by atoms with van der Waals surface area (Å²) in [6.07, 6.45) is 4.84. The van der Waals surface area contributed by atoms with Gasteiger partial charge >= 0.3 is 0 Å². The predicted octanol–water partition coefficient (Wildman–Crippen LogP) is 5.93. The largest absolute Gasteiger partial charge is 0.448 e. The van der Waals surface area contributed by atoms with Gasteiger partial charge in [0.25, 0.3) is 0 Å².